The molecule has 0 bridgehead atoms. The molecule has 0 saturated heterocycles. The van der Waals surface area contributed by atoms with Gasteiger partial charge in [-0.2, -0.15) is 0 Å². The third kappa shape index (κ3) is 11.5. The zero-order valence-corrected chi connectivity index (χ0v) is 27.6. The van der Waals surface area contributed by atoms with Crippen molar-refractivity contribution in [2.75, 3.05) is 0 Å². The molecule has 0 atom stereocenters. The summed E-state index contributed by atoms with van der Waals surface area (Å²) in [4.78, 5) is 0. The van der Waals surface area contributed by atoms with Gasteiger partial charge in [0.2, 0.25) is 0 Å². The van der Waals surface area contributed by atoms with Gasteiger partial charge in [-0.15, -0.1) is 0 Å². The molecule has 0 heteroatoms. The first kappa shape index (κ1) is 33.6. The molecule has 0 nitrogen and oxygen atoms in total. The van der Waals surface area contributed by atoms with Crippen LogP contribution in [0.1, 0.15) is 121 Å². The number of allylic oxidation sites excluding steroid dienone is 20. The molecule has 0 heterocycles. The van der Waals surface area contributed by atoms with Crippen molar-refractivity contribution in [1.29, 1.82) is 0 Å². The van der Waals surface area contributed by atoms with E-state index in [1.54, 1.807) is 16.7 Å². The van der Waals surface area contributed by atoms with Gasteiger partial charge in [0, 0.05) is 0 Å². The lowest BCUT2D eigenvalue weighted by Crippen LogP contribution is -2.19. The van der Waals surface area contributed by atoms with E-state index in [9.17, 15) is 0 Å². The molecule has 0 aromatic heterocycles. The predicted octanol–water partition coefficient (Wildman–Crippen LogP) is 12.8. The Kier molecular flexibility index (Phi) is 13.4. The van der Waals surface area contributed by atoms with Gasteiger partial charge in [-0.1, -0.05) is 134 Å². The molecule has 0 unspecified atom stereocenters. The molecule has 0 N–H and O–H groups in total. The highest BCUT2D eigenvalue weighted by atomic mass is 14.3. The Hall–Kier alpha value is -2.60. The average molecular weight is 539 g/mol. The molecule has 0 aromatic carbocycles. The first-order valence-electron chi connectivity index (χ1n) is 15.6. The monoisotopic (exact) mass is 538 g/mol. The summed E-state index contributed by atoms with van der Waals surface area (Å²) in [6.45, 7) is 22.9. The zero-order chi connectivity index (χ0) is 29.8. The van der Waals surface area contributed by atoms with Crippen LogP contribution in [0.2, 0.25) is 0 Å². The number of rotatable bonds is 11. The third-order valence-electron chi connectivity index (χ3n) is 8.68. The highest BCUT2D eigenvalue weighted by molar-refractivity contribution is 5.38. The van der Waals surface area contributed by atoms with Crippen LogP contribution in [0.25, 0.3) is 0 Å². The van der Waals surface area contributed by atoms with E-state index in [2.05, 4.69) is 142 Å². The predicted molar refractivity (Wildman–Crippen MR) is 181 cm³/mol. The minimum Gasteiger partial charge on any atom is -0.0813 e. The second kappa shape index (κ2) is 16.0. The lowest BCUT2D eigenvalue weighted by atomic mass is 9.72. The molecule has 0 aliphatic heterocycles. The maximum Gasteiger partial charge on any atom is -0.0104 e. The Morgan fingerprint density at radius 3 is 1.65 bits per heavy atom. The Morgan fingerprint density at radius 1 is 0.625 bits per heavy atom. The van der Waals surface area contributed by atoms with E-state index >= 15 is 0 Å². The van der Waals surface area contributed by atoms with Crippen molar-refractivity contribution < 1.29 is 0 Å². The van der Waals surface area contributed by atoms with Crippen LogP contribution in [-0.2, 0) is 0 Å². The van der Waals surface area contributed by atoms with Crippen molar-refractivity contribution in [1.82, 2.24) is 0 Å². The fourth-order valence-electron chi connectivity index (χ4n) is 6.02. The second-order valence-electron chi connectivity index (χ2n) is 13.6. The summed E-state index contributed by atoms with van der Waals surface area (Å²) in [5.41, 5.74) is 12.1. The standard InChI is InChI=1S/C40H58/c1-31(19-13-21-33(3)25-27-37-35(5)23-15-29-39(37,7)8)17-11-12-18-32(2)20-14-22-34(4)26-28-38-36(6)24-16-30-40(38,9)10/h11-13,17-19,21-22,25-28H,14-16,20,23-24,29-30H2,1-10H3/b12-11+,19-13+,27-25+,28-26-,31-17+,32-18+,33-21+,34-22+. The van der Waals surface area contributed by atoms with Gasteiger partial charge in [-0.25, -0.2) is 0 Å². The van der Waals surface area contributed by atoms with E-state index in [1.807, 2.05) is 0 Å². The molecule has 2 aliphatic rings. The fourth-order valence-corrected chi connectivity index (χ4v) is 6.02. The Labute approximate surface area is 248 Å². The molecule has 0 fully saturated rings. The molecule has 218 valence electrons. The van der Waals surface area contributed by atoms with Crippen molar-refractivity contribution in [3.8, 4) is 0 Å². The van der Waals surface area contributed by atoms with Gasteiger partial charge in [0.25, 0.3) is 0 Å². The summed E-state index contributed by atoms with van der Waals surface area (Å²) >= 11 is 0. The molecule has 2 rings (SSSR count). The third-order valence-corrected chi connectivity index (χ3v) is 8.68. The SMILES string of the molecule is CC1=C(/C=C\C(C)=C\CC/C(C)=C/C=C/C=C(C)/C=C/C=C(C)/C=C/C2=C(C)CCCC2(C)C)C(C)(C)CCC1. The van der Waals surface area contributed by atoms with Crippen molar-refractivity contribution in [3.63, 3.8) is 0 Å². The zero-order valence-electron chi connectivity index (χ0n) is 27.6. The number of hydrogen-bond acceptors (Lipinski definition) is 0. The smallest absolute Gasteiger partial charge is 0.0104 e. The summed E-state index contributed by atoms with van der Waals surface area (Å²) in [7, 11) is 0. The quantitative estimate of drug-likeness (QED) is 0.229. The van der Waals surface area contributed by atoms with Crippen LogP contribution in [0.5, 0.6) is 0 Å². The van der Waals surface area contributed by atoms with Crippen molar-refractivity contribution in [2.24, 2.45) is 10.8 Å². The first-order valence-corrected chi connectivity index (χ1v) is 15.6. The molecule has 0 amide bonds. The van der Waals surface area contributed by atoms with Gasteiger partial charge in [-0.3, -0.25) is 0 Å². The molecule has 2 aliphatic carbocycles. The Bertz CT molecular complexity index is 1170. The normalized spacial score (nSPS) is 21.8. The summed E-state index contributed by atoms with van der Waals surface area (Å²) in [5, 5.41) is 0. The van der Waals surface area contributed by atoms with E-state index in [0.717, 1.165) is 12.8 Å². The van der Waals surface area contributed by atoms with E-state index in [4.69, 9.17) is 0 Å². The summed E-state index contributed by atoms with van der Waals surface area (Å²) in [5.74, 6) is 0. The maximum atomic E-state index is 2.39. The lowest BCUT2D eigenvalue weighted by molar-refractivity contribution is 0.376. The summed E-state index contributed by atoms with van der Waals surface area (Å²) < 4.78 is 0. The van der Waals surface area contributed by atoms with Crippen LogP contribution in [0.15, 0.2) is 117 Å². The van der Waals surface area contributed by atoms with Gasteiger partial charge in [0.15, 0.2) is 0 Å². The highest BCUT2D eigenvalue weighted by Crippen LogP contribution is 2.41. The minimum absolute atomic E-state index is 0.295. The van der Waals surface area contributed by atoms with E-state index in [1.165, 1.54) is 66.4 Å². The van der Waals surface area contributed by atoms with E-state index < -0.39 is 0 Å². The van der Waals surface area contributed by atoms with Crippen LogP contribution in [0.4, 0.5) is 0 Å². The van der Waals surface area contributed by atoms with Crippen molar-refractivity contribution in [3.05, 3.63) is 117 Å². The second-order valence-corrected chi connectivity index (χ2v) is 13.6. The Balaban J connectivity index is 1.83. The van der Waals surface area contributed by atoms with Crippen molar-refractivity contribution >= 4 is 0 Å². The largest absolute Gasteiger partial charge is 0.0813 e. The van der Waals surface area contributed by atoms with Gasteiger partial charge in [0.1, 0.15) is 0 Å². The molecule has 0 aromatic rings. The fraction of sp³-hybridized carbons (Fsp3) is 0.500. The maximum absolute atomic E-state index is 2.39. The van der Waals surface area contributed by atoms with Crippen LogP contribution >= 0.6 is 0 Å². The summed E-state index contributed by atoms with van der Waals surface area (Å²) in [6, 6.07) is 0. The van der Waals surface area contributed by atoms with Gasteiger partial charge in [-0.05, 0) is 115 Å². The van der Waals surface area contributed by atoms with E-state index in [0.29, 0.717) is 10.8 Å². The highest BCUT2D eigenvalue weighted by Gasteiger charge is 2.27. The van der Waals surface area contributed by atoms with Crippen LogP contribution in [0.3, 0.4) is 0 Å². The molecule has 40 heavy (non-hydrogen) atoms. The Morgan fingerprint density at radius 2 is 1.10 bits per heavy atom. The summed E-state index contributed by atoms with van der Waals surface area (Å²) in [6.07, 6.45) is 36.8. The first-order chi connectivity index (χ1) is 18.8. The number of hydrogen-bond donors (Lipinski definition) is 0. The molecular weight excluding hydrogens is 480 g/mol. The lowest BCUT2D eigenvalue weighted by Gasteiger charge is -2.33. The van der Waals surface area contributed by atoms with Crippen LogP contribution in [0, 0.1) is 10.8 Å². The molecule has 0 saturated carbocycles. The average Bonchev–Trinajstić information content (AvgIpc) is 2.85. The van der Waals surface area contributed by atoms with Gasteiger partial charge >= 0.3 is 0 Å². The molecule has 0 spiro atoms. The van der Waals surface area contributed by atoms with Gasteiger partial charge < -0.3 is 0 Å². The topological polar surface area (TPSA) is 0 Å². The molecular formula is C40H58. The van der Waals surface area contributed by atoms with E-state index in [-0.39, 0.29) is 0 Å². The van der Waals surface area contributed by atoms with Crippen LogP contribution in [-0.4, -0.2) is 0 Å². The molecule has 0 radical (unpaired) electrons. The van der Waals surface area contributed by atoms with Crippen molar-refractivity contribution in [2.45, 2.75) is 121 Å². The van der Waals surface area contributed by atoms with Crippen LogP contribution < -0.4 is 0 Å². The van der Waals surface area contributed by atoms with Gasteiger partial charge in [0.05, 0.1) is 0 Å². The minimum atomic E-state index is 0.295.